The number of nitrogens with zero attached hydrogens (tertiary/aromatic N) is 2. The van der Waals surface area contributed by atoms with Crippen LogP contribution in [-0.2, 0) is 11.2 Å². The number of nitrogen functional groups attached to an aromatic ring is 1. The standard InChI is InChI=1S/C17H27N3O/c1-13(2)19-9-10-21-15(11-19)12-20-8-4-6-14-5-3-7-16(18)17(14)20/h3,5,7,13,15H,4,6,8-12,18H2,1-2H3. The van der Waals surface area contributed by atoms with Gasteiger partial charge in [-0.05, 0) is 38.3 Å². The van der Waals surface area contributed by atoms with E-state index in [1.807, 2.05) is 6.07 Å². The number of para-hydroxylation sites is 1. The lowest BCUT2D eigenvalue weighted by Crippen LogP contribution is -2.50. The molecule has 0 bridgehead atoms. The smallest absolute Gasteiger partial charge is 0.0877 e. The predicted molar refractivity (Wildman–Crippen MR) is 87.8 cm³/mol. The first kappa shape index (κ1) is 14.7. The average molecular weight is 289 g/mol. The van der Waals surface area contributed by atoms with Gasteiger partial charge in [-0.25, -0.2) is 0 Å². The van der Waals surface area contributed by atoms with Crippen LogP contribution >= 0.6 is 0 Å². The molecule has 1 fully saturated rings. The molecule has 1 aromatic carbocycles. The van der Waals surface area contributed by atoms with Crippen molar-refractivity contribution in [2.24, 2.45) is 0 Å². The highest BCUT2D eigenvalue weighted by Crippen LogP contribution is 2.33. The molecule has 0 aromatic heterocycles. The van der Waals surface area contributed by atoms with Crippen LogP contribution in [0.1, 0.15) is 25.8 Å². The molecule has 0 spiro atoms. The number of nitrogens with two attached hydrogens (primary N) is 1. The fourth-order valence-corrected chi connectivity index (χ4v) is 3.52. The van der Waals surface area contributed by atoms with Gasteiger partial charge in [-0.1, -0.05) is 12.1 Å². The summed E-state index contributed by atoms with van der Waals surface area (Å²) in [6.45, 7) is 9.47. The fraction of sp³-hybridized carbons (Fsp3) is 0.647. The molecule has 21 heavy (non-hydrogen) atoms. The lowest BCUT2D eigenvalue weighted by atomic mass is 10.00. The van der Waals surface area contributed by atoms with E-state index in [9.17, 15) is 0 Å². The monoisotopic (exact) mass is 289 g/mol. The Morgan fingerprint density at radius 1 is 1.33 bits per heavy atom. The van der Waals surface area contributed by atoms with Crippen molar-refractivity contribution in [2.45, 2.75) is 38.8 Å². The number of aryl methyl sites for hydroxylation is 1. The van der Waals surface area contributed by atoms with E-state index in [4.69, 9.17) is 10.5 Å². The zero-order chi connectivity index (χ0) is 14.8. The first-order valence-corrected chi connectivity index (χ1v) is 8.13. The quantitative estimate of drug-likeness (QED) is 0.866. The Hall–Kier alpha value is -1.26. The Labute approximate surface area is 127 Å². The maximum absolute atomic E-state index is 6.22. The molecule has 2 heterocycles. The highest BCUT2D eigenvalue weighted by molar-refractivity contribution is 5.72. The number of benzene rings is 1. The molecule has 0 amide bonds. The van der Waals surface area contributed by atoms with Crippen molar-refractivity contribution in [3.05, 3.63) is 23.8 Å². The molecule has 2 aliphatic heterocycles. The van der Waals surface area contributed by atoms with E-state index >= 15 is 0 Å². The van der Waals surface area contributed by atoms with Crippen molar-refractivity contribution >= 4 is 11.4 Å². The van der Waals surface area contributed by atoms with E-state index in [0.29, 0.717) is 6.04 Å². The minimum Gasteiger partial charge on any atom is -0.397 e. The number of morpholine rings is 1. The van der Waals surface area contributed by atoms with Gasteiger partial charge in [-0.3, -0.25) is 4.90 Å². The van der Waals surface area contributed by atoms with Crippen LogP contribution in [-0.4, -0.2) is 49.8 Å². The van der Waals surface area contributed by atoms with E-state index in [1.54, 1.807) is 0 Å². The number of fused-ring (bicyclic) bond motifs is 1. The normalized spacial score (nSPS) is 23.4. The minimum atomic E-state index is 0.284. The van der Waals surface area contributed by atoms with Crippen molar-refractivity contribution in [2.75, 3.05) is 43.4 Å². The molecule has 1 saturated heterocycles. The van der Waals surface area contributed by atoms with Crippen LogP contribution in [0.4, 0.5) is 11.4 Å². The summed E-state index contributed by atoms with van der Waals surface area (Å²) in [4.78, 5) is 4.94. The zero-order valence-electron chi connectivity index (χ0n) is 13.2. The molecule has 116 valence electrons. The van der Waals surface area contributed by atoms with Crippen molar-refractivity contribution in [1.29, 1.82) is 0 Å². The topological polar surface area (TPSA) is 41.7 Å². The third-order valence-electron chi connectivity index (χ3n) is 4.67. The number of rotatable bonds is 3. The zero-order valence-corrected chi connectivity index (χ0v) is 13.2. The summed E-state index contributed by atoms with van der Waals surface area (Å²) in [5.41, 5.74) is 9.76. The molecule has 2 N–H and O–H groups in total. The molecular formula is C17H27N3O. The van der Waals surface area contributed by atoms with Crippen LogP contribution in [0.2, 0.25) is 0 Å². The summed E-state index contributed by atoms with van der Waals surface area (Å²) in [5, 5.41) is 0. The minimum absolute atomic E-state index is 0.284. The molecule has 4 nitrogen and oxygen atoms in total. The second-order valence-electron chi connectivity index (χ2n) is 6.49. The molecule has 1 aromatic rings. The SMILES string of the molecule is CC(C)N1CCOC(CN2CCCc3cccc(N)c32)C1. The van der Waals surface area contributed by atoms with Crippen molar-refractivity contribution in [3.8, 4) is 0 Å². The van der Waals surface area contributed by atoms with Crippen molar-refractivity contribution in [3.63, 3.8) is 0 Å². The van der Waals surface area contributed by atoms with Gasteiger partial charge >= 0.3 is 0 Å². The third kappa shape index (κ3) is 3.16. The highest BCUT2D eigenvalue weighted by Gasteiger charge is 2.27. The first-order valence-electron chi connectivity index (χ1n) is 8.13. The van der Waals surface area contributed by atoms with E-state index in [-0.39, 0.29) is 6.10 Å². The number of hydrogen-bond donors (Lipinski definition) is 1. The molecule has 0 radical (unpaired) electrons. The predicted octanol–water partition coefficient (Wildman–Crippen LogP) is 2.13. The largest absolute Gasteiger partial charge is 0.397 e. The van der Waals surface area contributed by atoms with Gasteiger partial charge in [-0.15, -0.1) is 0 Å². The average Bonchev–Trinajstić information content (AvgIpc) is 2.48. The number of anilines is 2. The van der Waals surface area contributed by atoms with Gasteiger partial charge in [-0.2, -0.15) is 0 Å². The van der Waals surface area contributed by atoms with Gasteiger partial charge in [0.15, 0.2) is 0 Å². The second kappa shape index (κ2) is 6.24. The van der Waals surface area contributed by atoms with Crippen LogP contribution in [0.3, 0.4) is 0 Å². The van der Waals surface area contributed by atoms with Gasteiger partial charge in [0, 0.05) is 32.2 Å². The maximum atomic E-state index is 6.22. The summed E-state index contributed by atoms with van der Waals surface area (Å²) in [7, 11) is 0. The molecule has 1 unspecified atom stereocenters. The fourth-order valence-electron chi connectivity index (χ4n) is 3.52. The van der Waals surface area contributed by atoms with E-state index in [1.165, 1.54) is 17.7 Å². The van der Waals surface area contributed by atoms with Crippen LogP contribution in [0.25, 0.3) is 0 Å². The van der Waals surface area contributed by atoms with Crippen LogP contribution in [0, 0.1) is 0 Å². The molecule has 3 rings (SSSR count). The summed E-state index contributed by atoms with van der Waals surface area (Å²) in [6.07, 6.45) is 2.63. The van der Waals surface area contributed by atoms with E-state index < -0.39 is 0 Å². The Morgan fingerprint density at radius 3 is 3.00 bits per heavy atom. The van der Waals surface area contributed by atoms with Gasteiger partial charge in [0.1, 0.15) is 0 Å². The maximum Gasteiger partial charge on any atom is 0.0877 e. The molecule has 0 saturated carbocycles. The molecule has 2 aliphatic rings. The lowest BCUT2D eigenvalue weighted by molar-refractivity contribution is -0.0343. The number of ether oxygens (including phenoxy) is 1. The second-order valence-corrected chi connectivity index (χ2v) is 6.49. The summed E-state index contributed by atoms with van der Waals surface area (Å²) in [5.74, 6) is 0. The van der Waals surface area contributed by atoms with Crippen molar-refractivity contribution < 1.29 is 4.74 Å². The van der Waals surface area contributed by atoms with Crippen LogP contribution in [0.5, 0.6) is 0 Å². The Kier molecular flexibility index (Phi) is 4.36. The Morgan fingerprint density at radius 2 is 2.19 bits per heavy atom. The summed E-state index contributed by atoms with van der Waals surface area (Å²) >= 11 is 0. The number of hydrogen-bond acceptors (Lipinski definition) is 4. The van der Waals surface area contributed by atoms with E-state index in [2.05, 4.69) is 35.8 Å². The van der Waals surface area contributed by atoms with E-state index in [0.717, 1.165) is 44.9 Å². The van der Waals surface area contributed by atoms with Gasteiger partial charge < -0.3 is 15.4 Å². The lowest BCUT2D eigenvalue weighted by Gasteiger charge is -2.40. The van der Waals surface area contributed by atoms with Gasteiger partial charge in [0.05, 0.1) is 24.1 Å². The Balaban J connectivity index is 1.72. The first-order chi connectivity index (χ1) is 10.1. The molecular weight excluding hydrogens is 262 g/mol. The Bertz CT molecular complexity index is 489. The highest BCUT2D eigenvalue weighted by atomic mass is 16.5. The third-order valence-corrected chi connectivity index (χ3v) is 4.67. The van der Waals surface area contributed by atoms with Gasteiger partial charge in [0.25, 0.3) is 0 Å². The van der Waals surface area contributed by atoms with Crippen LogP contribution < -0.4 is 10.6 Å². The molecule has 1 atom stereocenters. The molecule has 4 heteroatoms. The summed E-state index contributed by atoms with van der Waals surface area (Å²) in [6, 6.07) is 6.88. The van der Waals surface area contributed by atoms with Gasteiger partial charge in [0.2, 0.25) is 0 Å². The van der Waals surface area contributed by atoms with Crippen molar-refractivity contribution in [1.82, 2.24) is 4.90 Å². The van der Waals surface area contributed by atoms with Crippen LogP contribution in [0.15, 0.2) is 18.2 Å². The molecule has 0 aliphatic carbocycles. The summed E-state index contributed by atoms with van der Waals surface area (Å²) < 4.78 is 5.99.